The van der Waals surface area contributed by atoms with E-state index >= 15 is 0 Å². The predicted octanol–water partition coefficient (Wildman–Crippen LogP) is 1.08. The molecule has 0 fully saturated rings. The highest BCUT2D eigenvalue weighted by Crippen LogP contribution is 2.04. The molecule has 20 heavy (non-hydrogen) atoms. The molecule has 6 heteroatoms. The lowest BCUT2D eigenvalue weighted by Gasteiger charge is -2.07. The summed E-state index contributed by atoms with van der Waals surface area (Å²) in [4.78, 5) is 22.6. The second kappa shape index (κ2) is 10.2. The molecule has 1 rings (SSSR count). The molecule has 1 aromatic carbocycles. The Morgan fingerprint density at radius 2 is 1.70 bits per heavy atom. The molecule has 0 aromatic heterocycles. The van der Waals surface area contributed by atoms with Crippen molar-refractivity contribution in [3.63, 3.8) is 0 Å². The number of hydrogen-bond donors (Lipinski definition) is 3. The maximum absolute atomic E-state index is 11.8. The topological polar surface area (TPSA) is 70.2 Å². The summed E-state index contributed by atoms with van der Waals surface area (Å²) in [7, 11) is 0. The van der Waals surface area contributed by atoms with Crippen molar-refractivity contribution in [2.75, 3.05) is 19.6 Å². The van der Waals surface area contributed by atoms with Crippen molar-refractivity contribution in [2.24, 2.45) is 0 Å². The quantitative estimate of drug-likeness (QED) is 0.660. The Labute approximate surface area is 125 Å². The summed E-state index contributed by atoms with van der Waals surface area (Å²) < 4.78 is 0. The molecule has 0 aliphatic rings. The van der Waals surface area contributed by atoms with E-state index < -0.39 is 0 Å². The fourth-order valence-electron chi connectivity index (χ4n) is 1.54. The zero-order valence-electron chi connectivity index (χ0n) is 11.9. The van der Waals surface area contributed by atoms with Crippen LogP contribution >= 0.6 is 12.4 Å². The van der Waals surface area contributed by atoms with Crippen molar-refractivity contribution in [2.45, 2.75) is 20.4 Å². The number of halogens is 1. The van der Waals surface area contributed by atoms with Gasteiger partial charge < -0.3 is 16.0 Å². The Morgan fingerprint density at radius 1 is 1.05 bits per heavy atom. The van der Waals surface area contributed by atoms with Gasteiger partial charge in [-0.3, -0.25) is 9.59 Å². The van der Waals surface area contributed by atoms with Crippen molar-refractivity contribution in [1.29, 1.82) is 0 Å². The van der Waals surface area contributed by atoms with Gasteiger partial charge in [-0.2, -0.15) is 0 Å². The van der Waals surface area contributed by atoms with Crippen LogP contribution in [0.2, 0.25) is 0 Å². The Balaban J connectivity index is 0.00000361. The predicted molar refractivity (Wildman–Crippen MR) is 82.1 cm³/mol. The lowest BCUT2D eigenvalue weighted by Crippen LogP contribution is -2.31. The molecule has 0 saturated heterocycles. The third kappa shape index (κ3) is 7.11. The number of amides is 2. The Bertz CT molecular complexity index is 421. The highest BCUT2D eigenvalue weighted by Gasteiger charge is 2.04. The first-order valence-electron chi connectivity index (χ1n) is 6.45. The van der Waals surface area contributed by atoms with Crippen LogP contribution in [0.25, 0.3) is 0 Å². The van der Waals surface area contributed by atoms with Gasteiger partial charge in [0.05, 0.1) is 0 Å². The number of benzene rings is 1. The minimum absolute atomic E-state index is 0. The summed E-state index contributed by atoms with van der Waals surface area (Å²) in [5, 5.41) is 8.68. The molecular formula is C14H22ClN3O2. The number of likely N-dealkylation sites (N-methyl/N-ethyl adjacent to an activating group) is 1. The maximum atomic E-state index is 11.8. The molecule has 0 heterocycles. The minimum Gasteiger partial charge on any atom is -0.352 e. The van der Waals surface area contributed by atoms with Crippen molar-refractivity contribution in [3.05, 3.63) is 35.4 Å². The Hall–Kier alpha value is -1.59. The van der Waals surface area contributed by atoms with Crippen LogP contribution in [0.15, 0.2) is 24.3 Å². The van der Waals surface area contributed by atoms with Crippen LogP contribution in [0.5, 0.6) is 0 Å². The summed E-state index contributed by atoms with van der Waals surface area (Å²) in [6, 6.07) is 7.21. The fraction of sp³-hybridized carbons (Fsp3) is 0.429. The van der Waals surface area contributed by atoms with Crippen molar-refractivity contribution in [3.8, 4) is 0 Å². The van der Waals surface area contributed by atoms with Crippen LogP contribution in [0.1, 0.15) is 29.8 Å². The van der Waals surface area contributed by atoms with Crippen molar-refractivity contribution in [1.82, 2.24) is 16.0 Å². The number of rotatable bonds is 7. The third-order valence-corrected chi connectivity index (χ3v) is 2.59. The molecule has 0 radical (unpaired) electrons. The zero-order chi connectivity index (χ0) is 14.1. The molecular weight excluding hydrogens is 278 g/mol. The van der Waals surface area contributed by atoms with E-state index in [9.17, 15) is 9.59 Å². The van der Waals surface area contributed by atoms with Gasteiger partial charge in [0.15, 0.2) is 0 Å². The smallest absolute Gasteiger partial charge is 0.251 e. The van der Waals surface area contributed by atoms with Gasteiger partial charge in [-0.1, -0.05) is 19.1 Å². The lowest BCUT2D eigenvalue weighted by molar-refractivity contribution is -0.119. The largest absolute Gasteiger partial charge is 0.352 e. The average Bonchev–Trinajstić information content (AvgIpc) is 2.41. The summed E-state index contributed by atoms with van der Waals surface area (Å²) in [6.45, 7) is 6.26. The molecule has 5 nitrogen and oxygen atoms in total. The van der Waals surface area contributed by atoms with E-state index in [1.807, 2.05) is 19.1 Å². The number of nitrogens with one attached hydrogen (secondary N) is 3. The highest BCUT2D eigenvalue weighted by molar-refractivity contribution is 5.94. The van der Waals surface area contributed by atoms with E-state index in [-0.39, 0.29) is 24.2 Å². The second-order valence-electron chi connectivity index (χ2n) is 4.22. The van der Waals surface area contributed by atoms with Gasteiger partial charge in [0.25, 0.3) is 5.91 Å². The van der Waals surface area contributed by atoms with Crippen LogP contribution in [0.4, 0.5) is 0 Å². The average molecular weight is 300 g/mol. The van der Waals surface area contributed by atoms with Gasteiger partial charge >= 0.3 is 0 Å². The van der Waals surface area contributed by atoms with Crippen LogP contribution in [-0.2, 0) is 11.3 Å². The molecule has 112 valence electrons. The highest BCUT2D eigenvalue weighted by atomic mass is 35.5. The van der Waals surface area contributed by atoms with Gasteiger partial charge in [-0.05, 0) is 24.2 Å². The Kier molecular flexibility index (Phi) is 9.41. The maximum Gasteiger partial charge on any atom is 0.251 e. The van der Waals surface area contributed by atoms with Gasteiger partial charge in [0, 0.05) is 32.1 Å². The standard InChI is InChI=1S/C14H21N3O2.ClH/c1-3-15-8-9-16-14(19)13-6-4-12(5-7-13)10-17-11(2)18;/h4-7,15H,3,8-10H2,1-2H3,(H,16,19)(H,17,18);1H. The van der Waals surface area contributed by atoms with Gasteiger partial charge in [0.2, 0.25) is 5.91 Å². The zero-order valence-corrected chi connectivity index (χ0v) is 12.7. The van der Waals surface area contributed by atoms with Crippen LogP contribution < -0.4 is 16.0 Å². The third-order valence-electron chi connectivity index (χ3n) is 2.59. The first-order chi connectivity index (χ1) is 9.13. The van der Waals surface area contributed by atoms with E-state index in [4.69, 9.17) is 0 Å². The number of hydrogen-bond acceptors (Lipinski definition) is 3. The van der Waals surface area contributed by atoms with E-state index in [1.165, 1.54) is 6.92 Å². The van der Waals surface area contributed by atoms with Gasteiger partial charge in [-0.25, -0.2) is 0 Å². The summed E-state index contributed by atoms with van der Waals surface area (Å²) in [6.07, 6.45) is 0. The summed E-state index contributed by atoms with van der Waals surface area (Å²) >= 11 is 0. The Morgan fingerprint density at radius 3 is 2.25 bits per heavy atom. The first kappa shape index (κ1) is 18.4. The monoisotopic (exact) mass is 299 g/mol. The molecule has 3 N–H and O–H groups in total. The number of carbonyl (C=O) groups is 2. The SMILES string of the molecule is CCNCCNC(=O)c1ccc(CNC(C)=O)cc1.Cl. The molecule has 0 unspecified atom stereocenters. The minimum atomic E-state index is -0.0796. The molecule has 0 aliphatic heterocycles. The van der Waals surface area contributed by atoms with E-state index in [1.54, 1.807) is 12.1 Å². The summed E-state index contributed by atoms with van der Waals surface area (Å²) in [5.74, 6) is -0.144. The molecule has 0 saturated carbocycles. The first-order valence-corrected chi connectivity index (χ1v) is 6.45. The van der Waals surface area contributed by atoms with Crippen molar-refractivity contribution >= 4 is 24.2 Å². The lowest BCUT2D eigenvalue weighted by atomic mass is 10.1. The normalized spacial score (nSPS) is 9.50. The van der Waals surface area contributed by atoms with Crippen LogP contribution in [0, 0.1) is 0 Å². The molecule has 2 amide bonds. The van der Waals surface area contributed by atoms with E-state index in [0.29, 0.717) is 18.7 Å². The molecule has 1 aromatic rings. The van der Waals surface area contributed by atoms with Crippen LogP contribution in [0.3, 0.4) is 0 Å². The molecule has 0 bridgehead atoms. The van der Waals surface area contributed by atoms with E-state index in [0.717, 1.165) is 18.7 Å². The molecule has 0 spiro atoms. The number of carbonyl (C=O) groups excluding carboxylic acids is 2. The molecule has 0 aliphatic carbocycles. The van der Waals surface area contributed by atoms with Crippen LogP contribution in [-0.4, -0.2) is 31.4 Å². The molecule has 0 atom stereocenters. The van der Waals surface area contributed by atoms with E-state index in [2.05, 4.69) is 16.0 Å². The second-order valence-corrected chi connectivity index (χ2v) is 4.22. The summed E-state index contributed by atoms with van der Waals surface area (Å²) in [5.41, 5.74) is 1.60. The fourth-order valence-corrected chi connectivity index (χ4v) is 1.54. The van der Waals surface area contributed by atoms with Gasteiger partial charge in [0.1, 0.15) is 0 Å². The van der Waals surface area contributed by atoms with Gasteiger partial charge in [-0.15, -0.1) is 12.4 Å². The van der Waals surface area contributed by atoms with Crippen molar-refractivity contribution < 1.29 is 9.59 Å².